The van der Waals surface area contributed by atoms with Crippen LogP contribution in [-0.4, -0.2) is 23.0 Å². The van der Waals surface area contributed by atoms with Crippen LogP contribution >= 0.6 is 0 Å². The summed E-state index contributed by atoms with van der Waals surface area (Å²) in [5.74, 6) is 0.132. The minimum Gasteiger partial charge on any atom is -0.350 e. The molecule has 1 aromatic rings. The molecule has 1 unspecified atom stereocenters. The van der Waals surface area contributed by atoms with Crippen LogP contribution in [0.5, 0.6) is 0 Å². The molecule has 0 aromatic carbocycles. The highest BCUT2D eigenvalue weighted by Crippen LogP contribution is 2.25. The number of nitrogens with one attached hydrogen (secondary N) is 2. The molecule has 0 saturated carbocycles. The summed E-state index contributed by atoms with van der Waals surface area (Å²) in [5, 5.41) is 6.43. The molecule has 4 heteroatoms. The Labute approximate surface area is 115 Å². The van der Waals surface area contributed by atoms with Crippen molar-refractivity contribution < 1.29 is 4.79 Å². The van der Waals surface area contributed by atoms with Gasteiger partial charge in [-0.1, -0.05) is 19.4 Å². The van der Waals surface area contributed by atoms with Gasteiger partial charge in [-0.05, 0) is 44.4 Å². The van der Waals surface area contributed by atoms with Gasteiger partial charge in [-0.3, -0.25) is 9.78 Å². The molecule has 1 aliphatic heterocycles. The fourth-order valence-corrected chi connectivity index (χ4v) is 2.71. The first-order valence-electron chi connectivity index (χ1n) is 7.11. The Hall–Kier alpha value is -1.42. The zero-order valence-corrected chi connectivity index (χ0v) is 11.8. The SMILES string of the molecule is CCCC1(C(=O)NCc2ccc(C)nc2)CCCN1. The molecule has 1 atom stereocenters. The summed E-state index contributed by atoms with van der Waals surface area (Å²) in [6.07, 6.45) is 5.78. The quantitative estimate of drug-likeness (QED) is 0.851. The summed E-state index contributed by atoms with van der Waals surface area (Å²) in [6.45, 7) is 5.58. The third kappa shape index (κ3) is 3.32. The highest BCUT2D eigenvalue weighted by atomic mass is 16.2. The van der Waals surface area contributed by atoms with Crippen molar-refractivity contribution in [2.24, 2.45) is 0 Å². The Bertz CT molecular complexity index is 422. The number of nitrogens with zero attached hydrogens (tertiary/aromatic N) is 1. The van der Waals surface area contributed by atoms with E-state index in [4.69, 9.17) is 0 Å². The summed E-state index contributed by atoms with van der Waals surface area (Å²) in [4.78, 5) is 16.6. The largest absolute Gasteiger partial charge is 0.350 e. The van der Waals surface area contributed by atoms with Crippen LogP contribution in [0.15, 0.2) is 18.3 Å². The fourth-order valence-electron chi connectivity index (χ4n) is 2.71. The maximum atomic E-state index is 12.4. The van der Waals surface area contributed by atoms with Gasteiger partial charge in [0, 0.05) is 18.4 Å². The Morgan fingerprint density at radius 1 is 1.53 bits per heavy atom. The van der Waals surface area contributed by atoms with E-state index in [1.165, 1.54) is 0 Å². The molecule has 0 radical (unpaired) electrons. The number of rotatable bonds is 5. The van der Waals surface area contributed by atoms with Crippen molar-refractivity contribution in [3.63, 3.8) is 0 Å². The summed E-state index contributed by atoms with van der Waals surface area (Å²) in [6, 6.07) is 3.98. The Balaban J connectivity index is 1.94. The predicted molar refractivity (Wildman–Crippen MR) is 75.7 cm³/mol. The Morgan fingerprint density at radius 3 is 2.95 bits per heavy atom. The lowest BCUT2D eigenvalue weighted by molar-refractivity contribution is -0.127. The van der Waals surface area contributed by atoms with Crippen molar-refractivity contribution in [3.05, 3.63) is 29.6 Å². The normalized spacial score (nSPS) is 22.4. The topological polar surface area (TPSA) is 54.0 Å². The van der Waals surface area contributed by atoms with Gasteiger partial charge in [0.15, 0.2) is 0 Å². The molecular formula is C15H23N3O. The second kappa shape index (κ2) is 6.15. The number of pyridine rings is 1. The first-order chi connectivity index (χ1) is 9.16. The van der Waals surface area contributed by atoms with Crippen molar-refractivity contribution in [3.8, 4) is 0 Å². The van der Waals surface area contributed by atoms with E-state index in [0.717, 1.165) is 43.5 Å². The molecule has 0 spiro atoms. The molecule has 1 aliphatic rings. The van der Waals surface area contributed by atoms with Crippen LogP contribution in [0.4, 0.5) is 0 Å². The first-order valence-corrected chi connectivity index (χ1v) is 7.11. The first kappa shape index (κ1) is 14.0. The van der Waals surface area contributed by atoms with Crippen LogP contribution in [0.25, 0.3) is 0 Å². The second-order valence-electron chi connectivity index (χ2n) is 5.35. The van der Waals surface area contributed by atoms with Crippen LogP contribution in [0.1, 0.15) is 43.9 Å². The third-order valence-electron chi connectivity index (χ3n) is 3.78. The number of aromatic nitrogens is 1. The lowest BCUT2D eigenvalue weighted by atomic mass is 9.91. The zero-order chi connectivity index (χ0) is 13.7. The summed E-state index contributed by atoms with van der Waals surface area (Å²) in [5.41, 5.74) is 1.70. The minimum atomic E-state index is -0.340. The molecule has 0 aliphatic carbocycles. The average Bonchev–Trinajstić information content (AvgIpc) is 2.88. The van der Waals surface area contributed by atoms with Crippen molar-refractivity contribution >= 4 is 5.91 Å². The minimum absolute atomic E-state index is 0.132. The standard InChI is InChI=1S/C15H23N3O/c1-3-7-15(8-4-9-18-15)14(19)17-11-13-6-5-12(2)16-10-13/h5-6,10,18H,3-4,7-9,11H2,1-2H3,(H,17,19). The molecule has 2 rings (SSSR count). The van der Waals surface area contributed by atoms with Gasteiger partial charge in [-0.15, -0.1) is 0 Å². The van der Waals surface area contributed by atoms with Gasteiger partial charge >= 0.3 is 0 Å². The molecule has 1 aromatic heterocycles. The number of carbonyl (C=O) groups is 1. The molecule has 1 fully saturated rings. The van der Waals surface area contributed by atoms with Gasteiger partial charge in [-0.2, -0.15) is 0 Å². The second-order valence-corrected chi connectivity index (χ2v) is 5.35. The van der Waals surface area contributed by atoms with Crippen molar-refractivity contribution in [1.29, 1.82) is 0 Å². The molecular weight excluding hydrogens is 238 g/mol. The van der Waals surface area contributed by atoms with Gasteiger partial charge in [0.2, 0.25) is 5.91 Å². The summed E-state index contributed by atoms with van der Waals surface area (Å²) < 4.78 is 0. The van der Waals surface area contributed by atoms with Crippen LogP contribution in [0, 0.1) is 6.92 Å². The van der Waals surface area contributed by atoms with E-state index in [1.54, 1.807) is 0 Å². The van der Waals surface area contributed by atoms with Gasteiger partial charge < -0.3 is 10.6 Å². The summed E-state index contributed by atoms with van der Waals surface area (Å²) in [7, 11) is 0. The zero-order valence-electron chi connectivity index (χ0n) is 11.8. The van der Waals surface area contributed by atoms with E-state index in [0.29, 0.717) is 6.54 Å². The van der Waals surface area contributed by atoms with Gasteiger partial charge in [0.05, 0.1) is 5.54 Å². The predicted octanol–water partition coefficient (Wildman–Crippen LogP) is 1.93. The smallest absolute Gasteiger partial charge is 0.240 e. The van der Waals surface area contributed by atoms with Crippen LogP contribution in [-0.2, 0) is 11.3 Å². The fraction of sp³-hybridized carbons (Fsp3) is 0.600. The van der Waals surface area contributed by atoms with Crippen LogP contribution < -0.4 is 10.6 Å². The number of aryl methyl sites for hydroxylation is 1. The number of hydrogen-bond acceptors (Lipinski definition) is 3. The molecule has 19 heavy (non-hydrogen) atoms. The average molecular weight is 261 g/mol. The number of amides is 1. The molecule has 1 saturated heterocycles. The van der Waals surface area contributed by atoms with E-state index < -0.39 is 0 Å². The van der Waals surface area contributed by atoms with E-state index in [2.05, 4.69) is 22.5 Å². The van der Waals surface area contributed by atoms with E-state index in [1.807, 2.05) is 25.3 Å². The highest BCUT2D eigenvalue weighted by Gasteiger charge is 2.39. The van der Waals surface area contributed by atoms with Gasteiger partial charge in [0.1, 0.15) is 0 Å². The molecule has 4 nitrogen and oxygen atoms in total. The Morgan fingerprint density at radius 2 is 2.37 bits per heavy atom. The third-order valence-corrected chi connectivity index (χ3v) is 3.78. The van der Waals surface area contributed by atoms with Crippen molar-refractivity contribution in [2.75, 3.05) is 6.54 Å². The molecule has 0 bridgehead atoms. The van der Waals surface area contributed by atoms with Gasteiger partial charge in [-0.25, -0.2) is 0 Å². The maximum Gasteiger partial charge on any atom is 0.240 e. The molecule has 2 N–H and O–H groups in total. The monoisotopic (exact) mass is 261 g/mol. The van der Waals surface area contributed by atoms with E-state index >= 15 is 0 Å². The lowest BCUT2D eigenvalue weighted by Gasteiger charge is -2.27. The Kier molecular flexibility index (Phi) is 4.53. The number of carbonyl (C=O) groups excluding carboxylic acids is 1. The molecule has 2 heterocycles. The molecule has 1 amide bonds. The van der Waals surface area contributed by atoms with Crippen LogP contribution in [0.3, 0.4) is 0 Å². The van der Waals surface area contributed by atoms with Crippen LogP contribution in [0.2, 0.25) is 0 Å². The van der Waals surface area contributed by atoms with E-state index in [-0.39, 0.29) is 11.4 Å². The van der Waals surface area contributed by atoms with Crippen molar-refractivity contribution in [2.45, 2.75) is 51.6 Å². The number of hydrogen-bond donors (Lipinski definition) is 2. The highest BCUT2D eigenvalue weighted by molar-refractivity contribution is 5.86. The summed E-state index contributed by atoms with van der Waals surface area (Å²) >= 11 is 0. The molecule has 104 valence electrons. The maximum absolute atomic E-state index is 12.4. The van der Waals surface area contributed by atoms with E-state index in [9.17, 15) is 4.79 Å². The van der Waals surface area contributed by atoms with Gasteiger partial charge in [0.25, 0.3) is 0 Å². The van der Waals surface area contributed by atoms with Crippen molar-refractivity contribution in [1.82, 2.24) is 15.6 Å². The lowest BCUT2D eigenvalue weighted by Crippen LogP contribution is -2.53.